The van der Waals surface area contributed by atoms with Crippen molar-refractivity contribution in [1.82, 2.24) is 5.32 Å². The van der Waals surface area contributed by atoms with Gasteiger partial charge in [-0.15, -0.1) is 26.3 Å². The summed E-state index contributed by atoms with van der Waals surface area (Å²) in [5.74, 6) is -1.57. The average molecular weight is 655 g/mol. The summed E-state index contributed by atoms with van der Waals surface area (Å²) in [6, 6.07) is 22.6. The Hall–Kier alpha value is -5.01. The average Bonchev–Trinajstić information content (AvgIpc) is 2.95. The minimum atomic E-state index is -5.05. The van der Waals surface area contributed by atoms with E-state index in [1.807, 2.05) is 0 Å². The van der Waals surface area contributed by atoms with Crippen LogP contribution in [0.2, 0.25) is 0 Å². The number of nitrogens with one attached hydrogen (secondary N) is 2. The molecule has 46 heavy (non-hydrogen) atoms. The number of urea groups is 1. The maximum atomic E-state index is 13.6. The summed E-state index contributed by atoms with van der Waals surface area (Å²) in [7, 11) is 0. The van der Waals surface area contributed by atoms with E-state index in [0.29, 0.717) is 12.5 Å². The summed E-state index contributed by atoms with van der Waals surface area (Å²) in [5.41, 5.74) is -0.788. The highest BCUT2D eigenvalue weighted by atomic mass is 19.4. The Labute approximate surface area is 257 Å². The number of anilines is 1. The van der Waals surface area contributed by atoms with Crippen molar-refractivity contribution in [2.24, 2.45) is 0 Å². The van der Waals surface area contributed by atoms with E-state index in [1.54, 1.807) is 30.3 Å². The lowest BCUT2D eigenvalue weighted by Crippen LogP contribution is -2.45. The molecule has 0 radical (unpaired) electrons. The number of ether oxygens (including phenoxy) is 3. The van der Waals surface area contributed by atoms with Gasteiger partial charge in [0.1, 0.15) is 17.2 Å². The van der Waals surface area contributed by atoms with Crippen LogP contribution in [0.1, 0.15) is 23.6 Å². The Morgan fingerprint density at radius 2 is 1.17 bits per heavy atom. The van der Waals surface area contributed by atoms with Crippen LogP contribution < -0.4 is 24.8 Å². The first-order chi connectivity index (χ1) is 21.5. The number of carbonyl (C=O) groups is 1. The van der Waals surface area contributed by atoms with Crippen molar-refractivity contribution in [3.63, 3.8) is 0 Å². The molecular weight excluding hydrogens is 628 g/mol. The minimum absolute atomic E-state index is 0.0409. The van der Waals surface area contributed by atoms with Crippen molar-refractivity contribution >= 4 is 11.7 Å². The second kappa shape index (κ2) is 13.5. The summed E-state index contributed by atoms with van der Waals surface area (Å²) in [4.78, 5) is 13.2. The number of hydrogen-bond donors (Lipinski definition) is 2. The van der Waals surface area contributed by atoms with Gasteiger partial charge >= 0.3 is 24.9 Å². The van der Waals surface area contributed by atoms with E-state index in [2.05, 4.69) is 24.8 Å². The zero-order valence-electron chi connectivity index (χ0n) is 23.9. The van der Waals surface area contributed by atoms with Gasteiger partial charge in [0.25, 0.3) is 0 Å². The number of rotatable bonds is 11. The van der Waals surface area contributed by atoms with Gasteiger partial charge in [-0.05, 0) is 59.5 Å². The lowest BCUT2D eigenvalue weighted by Gasteiger charge is -2.36. The van der Waals surface area contributed by atoms with Crippen LogP contribution in [-0.4, -0.2) is 31.4 Å². The number of benzene rings is 4. The van der Waals surface area contributed by atoms with Gasteiger partial charge in [0, 0.05) is 18.9 Å². The van der Waals surface area contributed by atoms with Crippen molar-refractivity contribution < 1.29 is 54.1 Å². The summed E-state index contributed by atoms with van der Waals surface area (Å²) in [6.45, 7) is 0.0979. The van der Waals surface area contributed by atoms with Crippen LogP contribution in [0, 0.1) is 0 Å². The summed E-state index contributed by atoms with van der Waals surface area (Å²) in [5, 5.41) is 5.00. The van der Waals surface area contributed by atoms with Crippen LogP contribution in [0.3, 0.4) is 0 Å². The van der Waals surface area contributed by atoms with Crippen LogP contribution in [0.5, 0.6) is 17.2 Å². The van der Waals surface area contributed by atoms with Crippen molar-refractivity contribution in [1.29, 1.82) is 0 Å². The minimum Gasteiger partial charge on any atom is -0.431 e. The molecule has 0 aliphatic heterocycles. The Morgan fingerprint density at radius 3 is 1.70 bits per heavy atom. The van der Waals surface area contributed by atoms with Gasteiger partial charge in [-0.1, -0.05) is 66.7 Å². The van der Waals surface area contributed by atoms with Gasteiger partial charge in [-0.2, -0.15) is 8.78 Å². The molecule has 0 unspecified atom stereocenters. The molecular formula is C32H26F8N2O4. The summed E-state index contributed by atoms with van der Waals surface area (Å²) < 4.78 is 119. The second-order valence-electron chi connectivity index (χ2n) is 10.1. The molecule has 2 N–H and O–H groups in total. The molecule has 2 amide bonds. The topological polar surface area (TPSA) is 68.8 Å². The molecule has 0 atom stereocenters. The fraction of sp³-hybridized carbons (Fsp3) is 0.219. The summed E-state index contributed by atoms with van der Waals surface area (Å²) in [6.07, 6.45) is -13.7. The molecule has 4 aromatic carbocycles. The molecule has 0 saturated carbocycles. The van der Waals surface area contributed by atoms with E-state index < -0.39 is 48.3 Å². The van der Waals surface area contributed by atoms with Crippen LogP contribution in [0.4, 0.5) is 45.6 Å². The molecule has 0 aromatic heterocycles. The van der Waals surface area contributed by atoms with Gasteiger partial charge < -0.3 is 24.8 Å². The van der Waals surface area contributed by atoms with Crippen molar-refractivity contribution in [3.8, 4) is 17.2 Å². The maximum absolute atomic E-state index is 13.6. The fourth-order valence-corrected chi connectivity index (χ4v) is 4.81. The lowest BCUT2D eigenvalue weighted by molar-refractivity contribution is -0.275. The van der Waals surface area contributed by atoms with Gasteiger partial charge in [-0.25, -0.2) is 4.79 Å². The van der Waals surface area contributed by atoms with E-state index in [1.165, 1.54) is 48.5 Å². The molecule has 4 rings (SSSR count). The molecule has 14 heteroatoms. The third kappa shape index (κ3) is 9.74. The first-order valence-corrected chi connectivity index (χ1v) is 13.5. The SMILES string of the molecule is CC(F)(F)Oc1ccccc1NC(=O)NCC(Cc1ccccc1)(c1cccc(OC(F)(F)F)c1)c1cccc(OC(F)(F)F)c1. The zero-order valence-corrected chi connectivity index (χ0v) is 23.9. The molecule has 0 bridgehead atoms. The van der Waals surface area contributed by atoms with Crippen LogP contribution in [0.25, 0.3) is 0 Å². The molecule has 244 valence electrons. The number of alkyl halides is 8. The lowest BCUT2D eigenvalue weighted by atomic mass is 9.70. The Bertz CT molecular complexity index is 1560. The normalized spacial score (nSPS) is 12.3. The van der Waals surface area contributed by atoms with Crippen LogP contribution in [0.15, 0.2) is 103 Å². The predicted molar refractivity (Wildman–Crippen MR) is 152 cm³/mol. The van der Waals surface area contributed by atoms with Crippen LogP contribution >= 0.6 is 0 Å². The maximum Gasteiger partial charge on any atom is 0.573 e. The van der Waals surface area contributed by atoms with E-state index in [0.717, 1.165) is 24.3 Å². The Kier molecular flexibility index (Phi) is 9.98. The van der Waals surface area contributed by atoms with E-state index in [9.17, 15) is 39.9 Å². The third-order valence-electron chi connectivity index (χ3n) is 6.56. The predicted octanol–water partition coefficient (Wildman–Crippen LogP) is 8.83. The first-order valence-electron chi connectivity index (χ1n) is 13.5. The zero-order chi connectivity index (χ0) is 33.6. The number of carbonyl (C=O) groups excluding carboxylic acids is 1. The number of para-hydroxylation sites is 2. The van der Waals surface area contributed by atoms with Crippen LogP contribution in [-0.2, 0) is 11.8 Å². The van der Waals surface area contributed by atoms with Gasteiger partial charge in [-0.3, -0.25) is 0 Å². The highest BCUT2D eigenvalue weighted by Crippen LogP contribution is 2.40. The van der Waals surface area contributed by atoms with Gasteiger partial charge in [0.2, 0.25) is 0 Å². The van der Waals surface area contributed by atoms with E-state index >= 15 is 0 Å². The molecule has 0 fully saturated rings. The van der Waals surface area contributed by atoms with Crippen molar-refractivity contribution in [2.45, 2.75) is 37.6 Å². The Balaban J connectivity index is 1.80. The number of amides is 2. The molecule has 0 aliphatic rings. The van der Waals surface area contributed by atoms with Gasteiger partial charge in [0.05, 0.1) is 5.69 Å². The van der Waals surface area contributed by atoms with Gasteiger partial charge in [0.15, 0.2) is 0 Å². The van der Waals surface area contributed by atoms with Crippen molar-refractivity contribution in [3.05, 3.63) is 120 Å². The molecule has 0 spiro atoms. The fourth-order valence-electron chi connectivity index (χ4n) is 4.81. The largest absolute Gasteiger partial charge is 0.573 e. The van der Waals surface area contributed by atoms with E-state index in [-0.39, 0.29) is 29.0 Å². The molecule has 4 aromatic rings. The standard InChI is InChI=1S/C32H26F8N2O4/c1-29(33,34)46-27-16-6-5-15-26(27)42-28(43)41-20-30(19-21-9-3-2-4-10-21,22-11-7-13-24(17-22)44-31(35,36)37)23-12-8-14-25(18-23)45-32(38,39)40/h2-18H,19-20H2,1H3,(H2,41,42,43). The summed E-state index contributed by atoms with van der Waals surface area (Å²) >= 11 is 0. The number of halogens is 8. The molecule has 0 heterocycles. The highest BCUT2D eigenvalue weighted by Gasteiger charge is 2.38. The quantitative estimate of drug-likeness (QED) is 0.159. The smallest absolute Gasteiger partial charge is 0.431 e. The molecule has 6 nitrogen and oxygen atoms in total. The first kappa shape index (κ1) is 33.9. The molecule has 0 saturated heterocycles. The van der Waals surface area contributed by atoms with Crippen molar-refractivity contribution in [2.75, 3.05) is 11.9 Å². The highest BCUT2D eigenvalue weighted by molar-refractivity contribution is 5.91. The Morgan fingerprint density at radius 1 is 0.652 bits per heavy atom. The monoisotopic (exact) mass is 654 g/mol. The third-order valence-corrected chi connectivity index (χ3v) is 6.56. The second-order valence-corrected chi connectivity index (χ2v) is 10.1. The number of hydrogen-bond acceptors (Lipinski definition) is 4. The van der Waals surface area contributed by atoms with E-state index in [4.69, 9.17) is 0 Å². The molecule has 0 aliphatic carbocycles.